The molecule has 0 amide bonds. The predicted octanol–water partition coefficient (Wildman–Crippen LogP) is 4.11. The zero-order valence-corrected chi connectivity index (χ0v) is 12.6. The average molecular weight is 303 g/mol. The van der Waals surface area contributed by atoms with Crippen molar-refractivity contribution in [2.45, 2.75) is 6.54 Å². The number of nitrogens with one attached hydrogen (secondary N) is 1. The highest BCUT2D eigenvalue weighted by Gasteiger charge is 2.09. The van der Waals surface area contributed by atoms with E-state index in [4.69, 9.17) is 4.74 Å². The third-order valence-corrected chi connectivity index (χ3v) is 3.94. The first-order chi connectivity index (χ1) is 11.4. The summed E-state index contributed by atoms with van der Waals surface area (Å²) in [6.45, 7) is 1.39. The lowest BCUT2D eigenvalue weighted by Gasteiger charge is -2.12. The Kier molecular flexibility index (Phi) is 3.56. The molecule has 4 aromatic rings. The van der Waals surface area contributed by atoms with Gasteiger partial charge in [-0.1, -0.05) is 30.3 Å². The number of aromatic nitrogens is 3. The largest absolute Gasteiger partial charge is 0.491 e. The zero-order valence-electron chi connectivity index (χ0n) is 12.6. The van der Waals surface area contributed by atoms with Crippen molar-refractivity contribution in [2.75, 3.05) is 6.61 Å². The van der Waals surface area contributed by atoms with Crippen molar-refractivity contribution in [3.05, 3.63) is 73.4 Å². The molecular formula is C19H17N3O. The van der Waals surface area contributed by atoms with Crippen molar-refractivity contribution in [3.63, 3.8) is 0 Å². The van der Waals surface area contributed by atoms with Crippen molar-refractivity contribution in [1.82, 2.24) is 14.5 Å². The number of rotatable bonds is 5. The van der Waals surface area contributed by atoms with Crippen LogP contribution in [0.25, 0.3) is 22.0 Å². The van der Waals surface area contributed by atoms with E-state index in [0.29, 0.717) is 6.61 Å². The number of H-pyrrole nitrogens is 1. The van der Waals surface area contributed by atoms with E-state index >= 15 is 0 Å². The normalized spacial score (nSPS) is 11.0. The molecule has 4 nitrogen and oxygen atoms in total. The first-order valence-corrected chi connectivity index (χ1v) is 7.66. The Morgan fingerprint density at radius 3 is 2.83 bits per heavy atom. The predicted molar refractivity (Wildman–Crippen MR) is 91.5 cm³/mol. The second-order valence-electron chi connectivity index (χ2n) is 5.39. The van der Waals surface area contributed by atoms with Crippen LogP contribution >= 0.6 is 0 Å². The van der Waals surface area contributed by atoms with Crippen molar-refractivity contribution in [1.29, 1.82) is 0 Å². The molecule has 0 saturated heterocycles. The molecule has 0 aliphatic heterocycles. The molecule has 2 heterocycles. The molecule has 114 valence electrons. The molecule has 2 aromatic carbocycles. The number of hydrogen-bond acceptors (Lipinski definition) is 2. The molecule has 0 unspecified atom stereocenters. The van der Waals surface area contributed by atoms with Crippen LogP contribution in [0, 0.1) is 0 Å². The molecule has 0 spiro atoms. The zero-order chi connectivity index (χ0) is 15.5. The molecule has 2 aromatic heterocycles. The molecule has 0 atom stereocenters. The molecule has 4 rings (SSSR count). The van der Waals surface area contributed by atoms with E-state index in [2.05, 4.69) is 40.3 Å². The molecule has 0 fully saturated rings. The monoisotopic (exact) mass is 303 g/mol. The standard InChI is InChI=1S/C19H17N3O/c1-2-7-19(23-13-12-22-11-10-20-14-22)17(4-1)15-5-3-6-18-16(15)8-9-21-18/h1-11,14,21H,12-13H2. The van der Waals surface area contributed by atoms with Gasteiger partial charge in [-0.2, -0.15) is 0 Å². The van der Waals surface area contributed by atoms with Gasteiger partial charge in [0.2, 0.25) is 0 Å². The van der Waals surface area contributed by atoms with Crippen LogP contribution in [0.3, 0.4) is 0 Å². The maximum absolute atomic E-state index is 6.03. The maximum Gasteiger partial charge on any atom is 0.127 e. The summed E-state index contributed by atoms with van der Waals surface area (Å²) in [5, 5.41) is 1.21. The minimum absolute atomic E-state index is 0.608. The van der Waals surface area contributed by atoms with Gasteiger partial charge in [-0.25, -0.2) is 4.98 Å². The van der Waals surface area contributed by atoms with Gasteiger partial charge < -0.3 is 14.3 Å². The SMILES string of the molecule is c1ccc(-c2cccc3[nH]ccc23)c(OCCn2ccnc2)c1. The number of imidazole rings is 1. The second kappa shape index (κ2) is 6.01. The Morgan fingerprint density at radius 1 is 1.00 bits per heavy atom. The summed E-state index contributed by atoms with van der Waals surface area (Å²) in [6, 6.07) is 16.6. The number of nitrogens with zero attached hydrogens (tertiary/aromatic N) is 2. The van der Waals surface area contributed by atoms with Crippen molar-refractivity contribution >= 4 is 10.9 Å². The van der Waals surface area contributed by atoms with Gasteiger partial charge in [0.1, 0.15) is 12.4 Å². The van der Waals surface area contributed by atoms with Crippen LogP contribution in [0.4, 0.5) is 0 Å². The summed E-state index contributed by atoms with van der Waals surface area (Å²) in [7, 11) is 0. The first-order valence-electron chi connectivity index (χ1n) is 7.66. The maximum atomic E-state index is 6.03. The summed E-state index contributed by atoms with van der Waals surface area (Å²) in [5.41, 5.74) is 3.43. The fourth-order valence-corrected chi connectivity index (χ4v) is 2.82. The molecule has 0 aliphatic carbocycles. The van der Waals surface area contributed by atoms with Crippen molar-refractivity contribution < 1.29 is 4.74 Å². The van der Waals surface area contributed by atoms with E-state index in [1.165, 1.54) is 10.9 Å². The Labute approximate surface area is 134 Å². The van der Waals surface area contributed by atoms with Crippen LogP contribution in [0.15, 0.2) is 73.4 Å². The highest BCUT2D eigenvalue weighted by atomic mass is 16.5. The molecule has 0 bridgehead atoms. The Bertz CT molecular complexity index is 909. The van der Waals surface area contributed by atoms with Gasteiger partial charge >= 0.3 is 0 Å². The lowest BCUT2D eigenvalue weighted by atomic mass is 10.0. The molecule has 4 heteroatoms. The molecular weight excluding hydrogens is 286 g/mol. The van der Waals surface area contributed by atoms with E-state index in [0.717, 1.165) is 23.4 Å². The van der Waals surface area contributed by atoms with E-state index in [1.807, 2.05) is 35.2 Å². The van der Waals surface area contributed by atoms with Crippen LogP contribution in [0.1, 0.15) is 0 Å². The quantitative estimate of drug-likeness (QED) is 0.603. The van der Waals surface area contributed by atoms with E-state index in [1.54, 1.807) is 12.5 Å². The molecule has 23 heavy (non-hydrogen) atoms. The Morgan fingerprint density at radius 2 is 1.91 bits per heavy atom. The van der Waals surface area contributed by atoms with Crippen LogP contribution < -0.4 is 4.74 Å². The topological polar surface area (TPSA) is 42.8 Å². The third kappa shape index (κ3) is 2.71. The number of aromatic amines is 1. The summed E-state index contributed by atoms with van der Waals surface area (Å²) in [6.07, 6.45) is 7.49. The lowest BCUT2D eigenvalue weighted by molar-refractivity contribution is 0.299. The minimum atomic E-state index is 0.608. The van der Waals surface area contributed by atoms with Gasteiger partial charge in [0.15, 0.2) is 0 Å². The fraction of sp³-hybridized carbons (Fsp3) is 0.105. The van der Waals surface area contributed by atoms with Gasteiger partial charge in [-0.15, -0.1) is 0 Å². The lowest BCUT2D eigenvalue weighted by Crippen LogP contribution is -2.07. The van der Waals surface area contributed by atoms with E-state index in [-0.39, 0.29) is 0 Å². The third-order valence-electron chi connectivity index (χ3n) is 3.94. The van der Waals surface area contributed by atoms with Gasteiger partial charge in [-0.3, -0.25) is 0 Å². The van der Waals surface area contributed by atoms with Crippen LogP contribution in [0.2, 0.25) is 0 Å². The number of para-hydroxylation sites is 1. The number of benzene rings is 2. The molecule has 0 saturated carbocycles. The number of ether oxygens (including phenoxy) is 1. The van der Waals surface area contributed by atoms with Crippen molar-refractivity contribution in [3.8, 4) is 16.9 Å². The van der Waals surface area contributed by atoms with Gasteiger partial charge in [0, 0.05) is 35.1 Å². The van der Waals surface area contributed by atoms with E-state index < -0.39 is 0 Å². The van der Waals surface area contributed by atoms with Crippen LogP contribution in [-0.4, -0.2) is 21.1 Å². The Hall–Kier alpha value is -3.01. The van der Waals surface area contributed by atoms with E-state index in [9.17, 15) is 0 Å². The van der Waals surface area contributed by atoms with Crippen molar-refractivity contribution in [2.24, 2.45) is 0 Å². The highest BCUT2D eigenvalue weighted by molar-refractivity contribution is 5.96. The van der Waals surface area contributed by atoms with Gasteiger partial charge in [0.25, 0.3) is 0 Å². The highest BCUT2D eigenvalue weighted by Crippen LogP contribution is 2.34. The Balaban J connectivity index is 1.63. The second-order valence-corrected chi connectivity index (χ2v) is 5.39. The molecule has 1 N–H and O–H groups in total. The fourth-order valence-electron chi connectivity index (χ4n) is 2.82. The first kappa shape index (κ1) is 13.6. The summed E-state index contributed by atoms with van der Waals surface area (Å²) in [5.74, 6) is 0.904. The average Bonchev–Trinajstić information content (AvgIpc) is 3.26. The molecule has 0 aliphatic rings. The van der Waals surface area contributed by atoms with Crippen LogP contribution in [0.5, 0.6) is 5.75 Å². The summed E-state index contributed by atoms with van der Waals surface area (Å²) >= 11 is 0. The number of hydrogen-bond donors (Lipinski definition) is 1. The van der Waals surface area contributed by atoms with Gasteiger partial charge in [-0.05, 0) is 23.8 Å². The molecule has 0 radical (unpaired) electrons. The van der Waals surface area contributed by atoms with Crippen LogP contribution in [-0.2, 0) is 6.54 Å². The minimum Gasteiger partial charge on any atom is -0.491 e. The van der Waals surface area contributed by atoms with Gasteiger partial charge in [0.05, 0.1) is 12.9 Å². The summed E-state index contributed by atoms with van der Waals surface area (Å²) in [4.78, 5) is 7.30. The smallest absolute Gasteiger partial charge is 0.127 e. The number of fused-ring (bicyclic) bond motifs is 1. The summed E-state index contributed by atoms with van der Waals surface area (Å²) < 4.78 is 8.04.